The summed E-state index contributed by atoms with van der Waals surface area (Å²) in [4.78, 5) is 28.3. The van der Waals surface area contributed by atoms with E-state index in [2.05, 4.69) is 10.1 Å². The highest BCUT2D eigenvalue weighted by molar-refractivity contribution is 5.81. The van der Waals surface area contributed by atoms with Crippen molar-refractivity contribution < 1.29 is 18.5 Å². The second-order valence-corrected chi connectivity index (χ2v) is 8.05. The number of carbonyl (C=O) groups excluding carboxylic acids is 1. The monoisotopic (exact) mass is 398 g/mol. The van der Waals surface area contributed by atoms with E-state index in [1.807, 2.05) is 45.9 Å². The fourth-order valence-electron chi connectivity index (χ4n) is 2.89. The molecule has 0 N–H and O–H groups in total. The van der Waals surface area contributed by atoms with Gasteiger partial charge in [-0.1, -0.05) is 45.0 Å². The van der Waals surface area contributed by atoms with Gasteiger partial charge in [0, 0.05) is 35.3 Å². The number of benzene rings is 1. The lowest BCUT2D eigenvalue weighted by Crippen LogP contribution is -2.13. The van der Waals surface area contributed by atoms with E-state index < -0.39 is 5.63 Å². The maximum Gasteiger partial charge on any atom is 0.336 e. The van der Waals surface area contributed by atoms with Gasteiger partial charge in [-0.05, 0) is 24.5 Å². The molecule has 2 aromatic heterocycles. The zero-order valence-corrected chi connectivity index (χ0v) is 17.3. The molecule has 0 aliphatic rings. The summed E-state index contributed by atoms with van der Waals surface area (Å²) < 4.78 is 15.9. The number of rotatable bonds is 7. The Hall–Kier alpha value is -2.96. The first kappa shape index (κ1) is 20.8. The van der Waals surface area contributed by atoms with Crippen molar-refractivity contribution in [3.05, 3.63) is 57.5 Å². The van der Waals surface area contributed by atoms with Gasteiger partial charge in [0.25, 0.3) is 0 Å². The number of aromatic nitrogens is 2. The minimum atomic E-state index is -0.456. The second kappa shape index (κ2) is 8.59. The smallest absolute Gasteiger partial charge is 0.336 e. The van der Waals surface area contributed by atoms with E-state index >= 15 is 0 Å². The maximum atomic E-state index is 12.1. The summed E-state index contributed by atoms with van der Waals surface area (Å²) in [5, 5.41) is 4.74. The van der Waals surface area contributed by atoms with Crippen LogP contribution in [0.4, 0.5) is 0 Å². The summed E-state index contributed by atoms with van der Waals surface area (Å²) in [5.41, 5.74) is 1.59. The van der Waals surface area contributed by atoms with Crippen LogP contribution in [0, 0.1) is 0 Å². The number of hydrogen-bond donors (Lipinski definition) is 0. The summed E-state index contributed by atoms with van der Waals surface area (Å²) in [5.74, 6) is 0.823. The van der Waals surface area contributed by atoms with Gasteiger partial charge in [0.1, 0.15) is 12.2 Å². The van der Waals surface area contributed by atoms with Crippen LogP contribution in [-0.4, -0.2) is 16.1 Å². The SMILES string of the molecule is CCc1ccc2c(COC(=O)CCCc3nc(C(C)(C)C)no3)cc(=O)oc2c1. The molecule has 0 atom stereocenters. The molecule has 154 valence electrons. The lowest BCUT2D eigenvalue weighted by Gasteiger charge is -2.10. The van der Waals surface area contributed by atoms with Crippen LogP contribution in [0.5, 0.6) is 0 Å². The Bertz CT molecular complexity index is 1060. The average Bonchev–Trinajstić information content (AvgIpc) is 3.15. The van der Waals surface area contributed by atoms with Gasteiger partial charge in [-0.3, -0.25) is 4.79 Å². The Morgan fingerprint density at radius 1 is 1.21 bits per heavy atom. The molecule has 3 rings (SSSR count). The van der Waals surface area contributed by atoms with Gasteiger partial charge < -0.3 is 13.7 Å². The third-order valence-corrected chi connectivity index (χ3v) is 4.60. The summed E-state index contributed by atoms with van der Waals surface area (Å²) in [6, 6.07) is 7.08. The molecule has 0 fully saturated rings. The molecule has 0 bridgehead atoms. The largest absolute Gasteiger partial charge is 0.461 e. The molecule has 3 aromatic rings. The van der Waals surface area contributed by atoms with Crippen LogP contribution in [0.25, 0.3) is 11.0 Å². The van der Waals surface area contributed by atoms with E-state index in [1.54, 1.807) is 0 Å². The lowest BCUT2D eigenvalue weighted by molar-refractivity contribution is -0.145. The van der Waals surface area contributed by atoms with Gasteiger partial charge in [-0.2, -0.15) is 4.98 Å². The zero-order valence-electron chi connectivity index (χ0n) is 17.3. The Morgan fingerprint density at radius 3 is 2.69 bits per heavy atom. The Morgan fingerprint density at radius 2 is 2.00 bits per heavy atom. The Labute approximate surface area is 169 Å². The molecule has 0 unspecified atom stereocenters. The topological polar surface area (TPSA) is 95.4 Å². The fourth-order valence-corrected chi connectivity index (χ4v) is 2.89. The molecular formula is C22H26N2O5. The standard InChI is InChI=1S/C22H26N2O5/c1-5-14-9-10-16-15(12-20(26)28-17(16)11-14)13-27-19(25)8-6-7-18-23-21(24-29-18)22(2,3)4/h9-12H,5-8,13H2,1-4H3. The molecule has 7 heteroatoms. The van der Waals surface area contributed by atoms with Crippen molar-refractivity contribution in [3.8, 4) is 0 Å². The summed E-state index contributed by atoms with van der Waals surface area (Å²) >= 11 is 0. The van der Waals surface area contributed by atoms with Gasteiger partial charge in [0.15, 0.2) is 5.82 Å². The molecule has 2 heterocycles. The van der Waals surface area contributed by atoms with Crippen LogP contribution in [0.15, 0.2) is 38.0 Å². The van der Waals surface area contributed by atoms with Gasteiger partial charge in [-0.25, -0.2) is 4.79 Å². The normalized spacial score (nSPS) is 11.7. The van der Waals surface area contributed by atoms with Crippen LogP contribution in [0.2, 0.25) is 0 Å². The quantitative estimate of drug-likeness (QED) is 0.437. The van der Waals surface area contributed by atoms with Crippen LogP contribution in [0.3, 0.4) is 0 Å². The second-order valence-electron chi connectivity index (χ2n) is 8.05. The maximum absolute atomic E-state index is 12.1. The number of fused-ring (bicyclic) bond motifs is 1. The highest BCUT2D eigenvalue weighted by atomic mass is 16.5. The van der Waals surface area contributed by atoms with Crippen LogP contribution in [0.1, 0.15) is 63.4 Å². The number of aryl methyl sites for hydroxylation is 2. The third kappa shape index (κ3) is 5.31. The Balaban J connectivity index is 1.55. The van der Waals surface area contributed by atoms with E-state index in [1.165, 1.54) is 6.07 Å². The number of nitrogens with zero attached hydrogens (tertiary/aromatic N) is 2. The van der Waals surface area contributed by atoms with Crippen molar-refractivity contribution in [2.75, 3.05) is 0 Å². The molecule has 0 saturated heterocycles. The third-order valence-electron chi connectivity index (χ3n) is 4.60. The first-order valence-electron chi connectivity index (χ1n) is 9.80. The average molecular weight is 398 g/mol. The first-order valence-corrected chi connectivity index (χ1v) is 9.80. The molecule has 0 amide bonds. The van der Waals surface area contributed by atoms with E-state index in [-0.39, 0.29) is 24.4 Å². The number of carbonyl (C=O) groups is 1. The fraction of sp³-hybridized carbons (Fsp3) is 0.455. The predicted octanol–water partition coefficient (Wildman–Crippen LogP) is 4.10. The van der Waals surface area contributed by atoms with Crippen LogP contribution < -0.4 is 5.63 Å². The van der Waals surface area contributed by atoms with Gasteiger partial charge in [0.2, 0.25) is 5.89 Å². The summed E-state index contributed by atoms with van der Waals surface area (Å²) in [6.45, 7) is 8.09. The first-order chi connectivity index (χ1) is 13.8. The van der Waals surface area contributed by atoms with Crippen molar-refractivity contribution >= 4 is 16.9 Å². The molecule has 0 saturated carbocycles. The molecule has 0 aliphatic carbocycles. The molecule has 7 nitrogen and oxygen atoms in total. The molecule has 0 radical (unpaired) electrons. The molecule has 1 aromatic carbocycles. The van der Waals surface area contributed by atoms with Gasteiger partial charge >= 0.3 is 11.6 Å². The van der Waals surface area contributed by atoms with Crippen molar-refractivity contribution in [2.24, 2.45) is 0 Å². The van der Waals surface area contributed by atoms with Crippen LogP contribution in [-0.2, 0) is 34.4 Å². The van der Waals surface area contributed by atoms with E-state index in [9.17, 15) is 9.59 Å². The summed E-state index contributed by atoms with van der Waals surface area (Å²) in [6.07, 6.45) is 2.13. The summed E-state index contributed by atoms with van der Waals surface area (Å²) in [7, 11) is 0. The molecule has 0 spiro atoms. The predicted molar refractivity (Wildman–Crippen MR) is 108 cm³/mol. The van der Waals surface area contributed by atoms with Crippen molar-refractivity contribution in [1.29, 1.82) is 0 Å². The highest BCUT2D eigenvalue weighted by Gasteiger charge is 2.20. The number of ether oxygens (including phenoxy) is 1. The minimum Gasteiger partial charge on any atom is -0.461 e. The molecule has 0 aliphatic heterocycles. The zero-order chi connectivity index (χ0) is 21.0. The van der Waals surface area contributed by atoms with Gasteiger partial charge in [0.05, 0.1) is 0 Å². The van der Waals surface area contributed by atoms with Crippen molar-refractivity contribution in [1.82, 2.24) is 10.1 Å². The van der Waals surface area contributed by atoms with Crippen LogP contribution >= 0.6 is 0 Å². The number of hydrogen-bond acceptors (Lipinski definition) is 7. The van der Waals surface area contributed by atoms with E-state index in [0.717, 1.165) is 17.4 Å². The van der Waals surface area contributed by atoms with E-state index in [0.29, 0.717) is 35.7 Å². The van der Waals surface area contributed by atoms with Gasteiger partial charge in [-0.15, -0.1) is 0 Å². The number of esters is 1. The van der Waals surface area contributed by atoms with E-state index in [4.69, 9.17) is 13.7 Å². The Kier molecular flexibility index (Phi) is 6.15. The lowest BCUT2D eigenvalue weighted by atomic mass is 9.96. The highest BCUT2D eigenvalue weighted by Crippen LogP contribution is 2.21. The minimum absolute atomic E-state index is 0.0289. The van der Waals surface area contributed by atoms with Crippen molar-refractivity contribution in [2.45, 2.75) is 65.4 Å². The molecule has 29 heavy (non-hydrogen) atoms. The van der Waals surface area contributed by atoms with Crippen molar-refractivity contribution in [3.63, 3.8) is 0 Å². The molecular weight excluding hydrogens is 372 g/mol.